The van der Waals surface area contributed by atoms with E-state index in [2.05, 4.69) is 4.98 Å². The molecule has 3 nitrogen and oxygen atoms in total. The van der Waals surface area contributed by atoms with Gasteiger partial charge in [-0.1, -0.05) is 29.3 Å². The lowest BCUT2D eigenvalue weighted by atomic mass is 10.1. The van der Waals surface area contributed by atoms with Crippen LogP contribution in [0.1, 0.15) is 16.1 Å². The molecule has 0 amide bonds. The molecule has 19 heavy (non-hydrogen) atoms. The van der Waals surface area contributed by atoms with Crippen LogP contribution in [0.2, 0.25) is 10.0 Å². The molecule has 1 aromatic carbocycles. The Kier molecular flexibility index (Phi) is 4.40. The number of carbonyl (C=O) groups is 1. The zero-order valence-electron chi connectivity index (χ0n) is 10.2. The molecule has 0 aliphatic heterocycles. The van der Waals surface area contributed by atoms with E-state index < -0.39 is 0 Å². The molecule has 0 atom stereocenters. The van der Waals surface area contributed by atoms with Gasteiger partial charge in [0.1, 0.15) is 11.4 Å². The third-order valence-electron chi connectivity index (χ3n) is 2.64. The number of halogens is 2. The zero-order chi connectivity index (χ0) is 13.8. The Morgan fingerprint density at radius 3 is 2.47 bits per heavy atom. The zero-order valence-corrected chi connectivity index (χ0v) is 11.7. The van der Waals surface area contributed by atoms with Crippen LogP contribution in [0.3, 0.4) is 0 Å². The minimum Gasteiger partial charge on any atom is -0.497 e. The molecular weight excluding hydrogens is 285 g/mol. The third-order valence-corrected chi connectivity index (χ3v) is 3.31. The van der Waals surface area contributed by atoms with Crippen LogP contribution in [0.4, 0.5) is 0 Å². The summed E-state index contributed by atoms with van der Waals surface area (Å²) >= 11 is 12.2. The first kappa shape index (κ1) is 13.8. The van der Waals surface area contributed by atoms with Gasteiger partial charge >= 0.3 is 0 Å². The molecule has 0 N–H and O–H groups in total. The number of ketones is 1. The van der Waals surface area contributed by atoms with Crippen LogP contribution < -0.4 is 4.74 Å². The summed E-state index contributed by atoms with van der Waals surface area (Å²) in [5.74, 6) is 0.429. The van der Waals surface area contributed by atoms with Crippen LogP contribution in [0.15, 0.2) is 36.5 Å². The van der Waals surface area contributed by atoms with Crippen LogP contribution >= 0.6 is 23.2 Å². The molecule has 5 heteroatoms. The van der Waals surface area contributed by atoms with Gasteiger partial charge in [-0.15, -0.1) is 0 Å². The molecular formula is C14H11Cl2NO2. The number of ether oxygens (including phenoxy) is 1. The Balaban J connectivity index is 2.27. The van der Waals surface area contributed by atoms with Crippen molar-refractivity contribution in [1.82, 2.24) is 4.98 Å². The number of aromatic nitrogens is 1. The molecule has 0 aliphatic rings. The Morgan fingerprint density at radius 1 is 1.26 bits per heavy atom. The summed E-state index contributed by atoms with van der Waals surface area (Å²) < 4.78 is 5.05. The van der Waals surface area contributed by atoms with E-state index >= 15 is 0 Å². The summed E-state index contributed by atoms with van der Waals surface area (Å²) in [5, 5.41) is 0.822. The third kappa shape index (κ3) is 3.25. The maximum atomic E-state index is 12.1. The summed E-state index contributed by atoms with van der Waals surface area (Å²) in [7, 11) is 1.53. The van der Waals surface area contributed by atoms with Gasteiger partial charge in [0.2, 0.25) is 0 Å². The molecule has 2 aromatic rings. The van der Waals surface area contributed by atoms with E-state index in [0.717, 1.165) is 0 Å². The molecule has 0 saturated carbocycles. The first-order chi connectivity index (χ1) is 9.11. The molecule has 0 saturated heterocycles. The van der Waals surface area contributed by atoms with Gasteiger partial charge in [-0.25, -0.2) is 0 Å². The number of methoxy groups -OCH3 is 1. The van der Waals surface area contributed by atoms with Crippen molar-refractivity contribution < 1.29 is 9.53 Å². The number of Topliss-reactive ketones (excluding diaryl/α,β-unsaturated/α-hetero) is 1. The topological polar surface area (TPSA) is 39.2 Å². The second-order valence-corrected chi connectivity index (χ2v) is 4.70. The van der Waals surface area contributed by atoms with E-state index in [9.17, 15) is 4.79 Å². The standard InChI is InChI=1S/C14H11Cl2NO2/c1-19-9-6-11(15)10(12(16)7-9)8-14(18)13-4-2-3-5-17-13/h2-7H,8H2,1H3. The first-order valence-corrected chi connectivity index (χ1v) is 6.33. The summed E-state index contributed by atoms with van der Waals surface area (Å²) in [6, 6.07) is 8.44. The average Bonchev–Trinajstić information content (AvgIpc) is 2.43. The maximum absolute atomic E-state index is 12.1. The summed E-state index contributed by atoms with van der Waals surface area (Å²) in [5.41, 5.74) is 0.977. The summed E-state index contributed by atoms with van der Waals surface area (Å²) in [4.78, 5) is 16.1. The second kappa shape index (κ2) is 6.04. The fraction of sp³-hybridized carbons (Fsp3) is 0.143. The molecule has 98 valence electrons. The number of pyridine rings is 1. The fourth-order valence-electron chi connectivity index (χ4n) is 1.65. The summed E-state index contributed by atoms with van der Waals surface area (Å²) in [6.07, 6.45) is 1.68. The summed E-state index contributed by atoms with van der Waals surface area (Å²) in [6.45, 7) is 0. The van der Waals surface area contributed by atoms with Crippen molar-refractivity contribution in [1.29, 1.82) is 0 Å². The van der Waals surface area contributed by atoms with Crippen molar-refractivity contribution in [2.75, 3.05) is 7.11 Å². The lowest BCUT2D eigenvalue weighted by molar-refractivity contribution is 0.0988. The molecule has 0 radical (unpaired) electrons. The van der Waals surface area contributed by atoms with E-state index in [4.69, 9.17) is 27.9 Å². The smallest absolute Gasteiger partial charge is 0.185 e. The fourth-order valence-corrected chi connectivity index (χ4v) is 2.25. The highest BCUT2D eigenvalue weighted by molar-refractivity contribution is 6.36. The number of carbonyl (C=O) groups excluding carboxylic acids is 1. The second-order valence-electron chi connectivity index (χ2n) is 3.88. The highest BCUT2D eigenvalue weighted by Crippen LogP contribution is 2.31. The number of benzene rings is 1. The van der Waals surface area contributed by atoms with Crippen molar-refractivity contribution in [2.45, 2.75) is 6.42 Å². The van der Waals surface area contributed by atoms with Gasteiger partial charge in [0.15, 0.2) is 5.78 Å². The van der Waals surface area contributed by atoms with Crippen molar-refractivity contribution in [2.24, 2.45) is 0 Å². The quantitative estimate of drug-likeness (QED) is 0.805. The van der Waals surface area contributed by atoms with Gasteiger partial charge in [-0.05, 0) is 29.8 Å². The molecule has 0 fully saturated rings. The van der Waals surface area contributed by atoms with Crippen molar-refractivity contribution in [3.63, 3.8) is 0 Å². The number of nitrogens with zero attached hydrogens (tertiary/aromatic N) is 1. The van der Waals surface area contributed by atoms with Crippen LogP contribution in [0.25, 0.3) is 0 Å². The lowest BCUT2D eigenvalue weighted by Crippen LogP contribution is -2.06. The largest absolute Gasteiger partial charge is 0.497 e. The highest BCUT2D eigenvalue weighted by Gasteiger charge is 2.14. The Morgan fingerprint density at radius 2 is 1.95 bits per heavy atom. The monoisotopic (exact) mass is 295 g/mol. The minimum atomic E-state index is -0.130. The highest BCUT2D eigenvalue weighted by atomic mass is 35.5. The SMILES string of the molecule is COc1cc(Cl)c(CC(=O)c2ccccn2)c(Cl)c1. The van der Waals surface area contributed by atoms with Crippen LogP contribution in [-0.4, -0.2) is 17.9 Å². The van der Waals surface area contributed by atoms with Gasteiger partial charge in [-0.2, -0.15) is 0 Å². The molecule has 0 spiro atoms. The van der Waals surface area contributed by atoms with E-state index in [1.165, 1.54) is 7.11 Å². The Labute approximate surface area is 121 Å². The molecule has 2 rings (SSSR count). The molecule has 0 aliphatic carbocycles. The Hall–Kier alpha value is -1.58. The van der Waals surface area contributed by atoms with Gasteiger partial charge in [0, 0.05) is 22.7 Å². The predicted molar refractivity (Wildman–Crippen MR) is 75.3 cm³/mol. The van der Waals surface area contributed by atoms with E-state index in [0.29, 0.717) is 27.1 Å². The molecule has 1 heterocycles. The van der Waals surface area contributed by atoms with E-state index in [-0.39, 0.29) is 12.2 Å². The average molecular weight is 296 g/mol. The molecule has 0 bridgehead atoms. The van der Waals surface area contributed by atoms with Gasteiger partial charge < -0.3 is 4.74 Å². The Bertz CT molecular complexity index is 577. The first-order valence-electron chi connectivity index (χ1n) is 5.58. The van der Waals surface area contributed by atoms with Crippen molar-refractivity contribution in [3.8, 4) is 5.75 Å². The maximum Gasteiger partial charge on any atom is 0.185 e. The van der Waals surface area contributed by atoms with E-state index in [1.807, 2.05) is 0 Å². The van der Waals surface area contributed by atoms with E-state index in [1.54, 1.807) is 36.5 Å². The normalized spacial score (nSPS) is 10.3. The van der Waals surface area contributed by atoms with Gasteiger partial charge in [-0.3, -0.25) is 9.78 Å². The number of hydrogen-bond donors (Lipinski definition) is 0. The van der Waals surface area contributed by atoms with Crippen LogP contribution in [-0.2, 0) is 6.42 Å². The molecule has 0 unspecified atom stereocenters. The van der Waals surface area contributed by atoms with Crippen molar-refractivity contribution in [3.05, 3.63) is 57.8 Å². The number of rotatable bonds is 4. The number of hydrogen-bond acceptors (Lipinski definition) is 3. The van der Waals surface area contributed by atoms with Crippen LogP contribution in [0, 0.1) is 0 Å². The van der Waals surface area contributed by atoms with Gasteiger partial charge in [0.25, 0.3) is 0 Å². The lowest BCUT2D eigenvalue weighted by Gasteiger charge is -2.08. The van der Waals surface area contributed by atoms with Crippen molar-refractivity contribution >= 4 is 29.0 Å². The minimum absolute atomic E-state index is 0.110. The van der Waals surface area contributed by atoms with Gasteiger partial charge in [0.05, 0.1) is 7.11 Å². The molecule has 1 aromatic heterocycles. The predicted octanol–water partition coefficient (Wildman–Crippen LogP) is 3.82. The van der Waals surface area contributed by atoms with Crippen LogP contribution in [0.5, 0.6) is 5.75 Å².